The van der Waals surface area contributed by atoms with Gasteiger partial charge in [0.05, 0.1) is 4.92 Å². The summed E-state index contributed by atoms with van der Waals surface area (Å²) in [6.07, 6.45) is 0. The molecule has 4 nitrogen and oxygen atoms in total. The van der Waals surface area contributed by atoms with E-state index in [1.165, 1.54) is 12.1 Å². The monoisotopic (exact) mass is 209 g/mol. The Morgan fingerprint density at radius 1 is 1.43 bits per heavy atom. The number of nitro groups is 1. The number of hydrogen-bond acceptors (Lipinski definition) is 4. The van der Waals surface area contributed by atoms with Crippen LogP contribution in [0, 0.1) is 17.0 Å². The fraction of sp³-hybridized carbons (Fsp3) is 0.111. The molecule has 2 aromatic rings. The van der Waals surface area contributed by atoms with Crippen LogP contribution in [-0.4, -0.2) is 10.0 Å². The highest BCUT2D eigenvalue weighted by atomic mass is 32.1. The predicted molar refractivity (Wildman–Crippen MR) is 54.9 cm³/mol. The Bertz CT molecular complexity index is 518. The summed E-state index contributed by atoms with van der Waals surface area (Å²) < 4.78 is 0.856. The lowest BCUT2D eigenvalue weighted by molar-refractivity contribution is -0.380. The van der Waals surface area contributed by atoms with Gasteiger partial charge >= 0.3 is 5.00 Å². The molecule has 0 saturated carbocycles. The van der Waals surface area contributed by atoms with E-state index in [4.69, 9.17) is 0 Å². The molecule has 0 aliphatic rings. The van der Waals surface area contributed by atoms with Gasteiger partial charge in [-0.3, -0.25) is 10.1 Å². The standard InChI is InChI=1S/C9H7NO3S/c1-5-2-7(11)3-6-4-8(10(12)13)14-9(5)6/h2-4,11H,1H3. The zero-order valence-corrected chi connectivity index (χ0v) is 8.17. The van der Waals surface area contributed by atoms with Crippen molar-refractivity contribution < 1.29 is 10.0 Å². The Morgan fingerprint density at radius 2 is 2.14 bits per heavy atom. The highest BCUT2D eigenvalue weighted by Crippen LogP contribution is 2.35. The van der Waals surface area contributed by atoms with E-state index in [-0.39, 0.29) is 10.8 Å². The summed E-state index contributed by atoms with van der Waals surface area (Å²) in [7, 11) is 0. The van der Waals surface area contributed by atoms with Crippen molar-refractivity contribution >= 4 is 26.4 Å². The molecule has 5 heteroatoms. The van der Waals surface area contributed by atoms with Crippen molar-refractivity contribution in [2.24, 2.45) is 0 Å². The highest BCUT2D eigenvalue weighted by molar-refractivity contribution is 7.22. The van der Waals surface area contributed by atoms with Gasteiger partial charge in [0.25, 0.3) is 0 Å². The number of phenols is 1. The molecule has 0 fully saturated rings. The lowest BCUT2D eigenvalue weighted by atomic mass is 10.2. The number of hydrogen-bond donors (Lipinski definition) is 1. The van der Waals surface area contributed by atoms with Crippen molar-refractivity contribution in [3.05, 3.63) is 33.9 Å². The van der Waals surface area contributed by atoms with E-state index >= 15 is 0 Å². The fourth-order valence-corrected chi connectivity index (χ4v) is 2.31. The normalized spacial score (nSPS) is 10.6. The summed E-state index contributed by atoms with van der Waals surface area (Å²) in [6, 6.07) is 4.61. The summed E-state index contributed by atoms with van der Waals surface area (Å²) in [5.41, 5.74) is 0.859. The molecule has 1 aromatic heterocycles. The lowest BCUT2D eigenvalue weighted by Crippen LogP contribution is -1.80. The van der Waals surface area contributed by atoms with Crippen LogP contribution in [0.15, 0.2) is 18.2 Å². The Kier molecular flexibility index (Phi) is 1.89. The molecule has 0 bridgehead atoms. The van der Waals surface area contributed by atoms with E-state index in [0.717, 1.165) is 27.0 Å². The predicted octanol–water partition coefficient (Wildman–Crippen LogP) is 2.82. The van der Waals surface area contributed by atoms with Crippen molar-refractivity contribution in [2.75, 3.05) is 0 Å². The fourth-order valence-electron chi connectivity index (χ4n) is 1.39. The smallest absolute Gasteiger partial charge is 0.325 e. The van der Waals surface area contributed by atoms with Crippen molar-refractivity contribution in [3.8, 4) is 5.75 Å². The molecule has 1 N–H and O–H groups in total. The first-order valence-electron chi connectivity index (χ1n) is 3.95. The van der Waals surface area contributed by atoms with Gasteiger partial charge in [-0.1, -0.05) is 11.3 Å². The summed E-state index contributed by atoms with van der Waals surface area (Å²) in [6.45, 7) is 1.82. The average molecular weight is 209 g/mol. The van der Waals surface area contributed by atoms with Crippen molar-refractivity contribution in [1.29, 1.82) is 0 Å². The van der Waals surface area contributed by atoms with Gasteiger partial charge in [0.2, 0.25) is 0 Å². The maximum absolute atomic E-state index is 10.5. The van der Waals surface area contributed by atoms with Crippen molar-refractivity contribution in [2.45, 2.75) is 6.92 Å². The molecule has 0 atom stereocenters. The topological polar surface area (TPSA) is 63.4 Å². The molecule has 0 spiro atoms. The van der Waals surface area contributed by atoms with E-state index < -0.39 is 4.92 Å². The molecular weight excluding hydrogens is 202 g/mol. The van der Waals surface area contributed by atoms with E-state index in [0.29, 0.717) is 0 Å². The second-order valence-electron chi connectivity index (χ2n) is 3.02. The molecule has 1 aromatic carbocycles. The average Bonchev–Trinajstić information content (AvgIpc) is 2.47. The number of aryl methyl sites for hydroxylation is 1. The third-order valence-corrected chi connectivity index (χ3v) is 3.19. The molecule has 0 unspecified atom stereocenters. The number of thiophene rings is 1. The van der Waals surface area contributed by atoms with Crippen LogP contribution in [0.3, 0.4) is 0 Å². The molecule has 2 rings (SSSR count). The Hall–Kier alpha value is -1.62. The second kappa shape index (κ2) is 2.95. The van der Waals surface area contributed by atoms with E-state index in [9.17, 15) is 15.2 Å². The first-order valence-corrected chi connectivity index (χ1v) is 4.77. The minimum Gasteiger partial charge on any atom is -0.508 e. The van der Waals surface area contributed by atoms with Gasteiger partial charge in [-0.25, -0.2) is 0 Å². The van der Waals surface area contributed by atoms with Gasteiger partial charge in [-0.05, 0) is 24.6 Å². The minimum atomic E-state index is -0.416. The van der Waals surface area contributed by atoms with E-state index in [1.807, 2.05) is 6.92 Å². The molecule has 0 aliphatic heterocycles. The molecule has 0 aliphatic carbocycles. The van der Waals surface area contributed by atoms with Gasteiger partial charge in [-0.15, -0.1) is 0 Å². The van der Waals surface area contributed by atoms with Crippen LogP contribution in [0.4, 0.5) is 5.00 Å². The van der Waals surface area contributed by atoms with Gasteiger partial charge < -0.3 is 5.11 Å². The van der Waals surface area contributed by atoms with Crippen molar-refractivity contribution in [1.82, 2.24) is 0 Å². The molecule has 72 valence electrons. The third-order valence-electron chi connectivity index (χ3n) is 1.95. The summed E-state index contributed by atoms with van der Waals surface area (Å²) in [5.74, 6) is 0.141. The maximum atomic E-state index is 10.5. The Labute approximate surface area is 83.6 Å². The quantitative estimate of drug-likeness (QED) is 0.580. The van der Waals surface area contributed by atoms with Crippen LogP contribution >= 0.6 is 11.3 Å². The van der Waals surface area contributed by atoms with Crippen molar-refractivity contribution in [3.63, 3.8) is 0 Å². The number of nitrogens with zero attached hydrogens (tertiary/aromatic N) is 1. The van der Waals surface area contributed by atoms with Crippen LogP contribution in [-0.2, 0) is 0 Å². The van der Waals surface area contributed by atoms with E-state index in [1.54, 1.807) is 6.07 Å². The zero-order valence-electron chi connectivity index (χ0n) is 7.35. The lowest BCUT2D eigenvalue weighted by Gasteiger charge is -1.95. The van der Waals surface area contributed by atoms with Crippen LogP contribution in [0.2, 0.25) is 0 Å². The SMILES string of the molecule is Cc1cc(O)cc2cc([N+](=O)[O-])sc12. The first-order chi connectivity index (χ1) is 6.58. The highest BCUT2D eigenvalue weighted by Gasteiger charge is 2.13. The van der Waals surface area contributed by atoms with Gasteiger partial charge in [0.15, 0.2) is 0 Å². The third kappa shape index (κ3) is 1.31. The summed E-state index contributed by atoms with van der Waals surface area (Å²) in [4.78, 5) is 10.1. The molecule has 1 heterocycles. The van der Waals surface area contributed by atoms with Gasteiger partial charge in [-0.2, -0.15) is 0 Å². The number of aromatic hydroxyl groups is 1. The zero-order chi connectivity index (χ0) is 10.3. The number of phenolic OH excluding ortho intramolecular Hbond substituents is 1. The molecular formula is C9H7NO3S. The molecule has 0 saturated heterocycles. The van der Waals surface area contributed by atoms with Crippen LogP contribution < -0.4 is 0 Å². The van der Waals surface area contributed by atoms with E-state index in [2.05, 4.69) is 0 Å². The van der Waals surface area contributed by atoms with Crippen LogP contribution in [0.25, 0.3) is 10.1 Å². The van der Waals surface area contributed by atoms with Crippen LogP contribution in [0.1, 0.15) is 5.56 Å². The summed E-state index contributed by atoms with van der Waals surface area (Å²) >= 11 is 1.13. The second-order valence-corrected chi connectivity index (χ2v) is 4.05. The maximum Gasteiger partial charge on any atom is 0.325 e. The van der Waals surface area contributed by atoms with Gasteiger partial charge in [0.1, 0.15) is 5.75 Å². The molecule has 0 radical (unpaired) electrons. The molecule has 0 amide bonds. The molecule has 14 heavy (non-hydrogen) atoms. The number of rotatable bonds is 1. The summed E-state index contributed by atoms with van der Waals surface area (Å²) in [5, 5.41) is 20.6. The minimum absolute atomic E-state index is 0.105. The van der Waals surface area contributed by atoms with Gasteiger partial charge in [0, 0.05) is 16.2 Å². The largest absolute Gasteiger partial charge is 0.508 e. The first kappa shape index (κ1) is 8.96. The Balaban J connectivity index is 2.76. The number of benzene rings is 1. The van der Waals surface area contributed by atoms with Crippen LogP contribution in [0.5, 0.6) is 5.75 Å². The Morgan fingerprint density at radius 3 is 2.79 bits per heavy atom. The number of fused-ring (bicyclic) bond motifs is 1.